The van der Waals surface area contributed by atoms with Gasteiger partial charge in [-0.1, -0.05) is 25.2 Å². The molecule has 4 amide bonds. The van der Waals surface area contributed by atoms with E-state index in [0.29, 0.717) is 16.8 Å². The van der Waals surface area contributed by atoms with Crippen LogP contribution in [-0.4, -0.2) is 17.8 Å². The maximum absolute atomic E-state index is 12.4. The minimum atomic E-state index is -0.788. The number of anilines is 2. The fourth-order valence-corrected chi connectivity index (χ4v) is 4.08. The Balaban J connectivity index is 2.01. The Kier molecular flexibility index (Phi) is 5.82. The number of thiophene rings is 1. The lowest BCUT2D eigenvalue weighted by Gasteiger charge is -2.29. The number of amides is 4. The molecule has 0 aromatic carbocycles. The summed E-state index contributed by atoms with van der Waals surface area (Å²) in [5.41, 5.74) is 10.5. The van der Waals surface area contributed by atoms with Crippen molar-refractivity contribution in [2.45, 2.75) is 39.5 Å². The second-order valence-corrected chi connectivity index (χ2v) is 7.60. The predicted octanol–water partition coefficient (Wildman–Crippen LogP) is 2.74. The van der Waals surface area contributed by atoms with E-state index >= 15 is 0 Å². The van der Waals surface area contributed by atoms with Crippen molar-refractivity contribution in [2.75, 3.05) is 10.6 Å². The molecule has 24 heavy (non-hydrogen) atoms. The summed E-state index contributed by atoms with van der Waals surface area (Å²) in [5.74, 6) is 0.565. The van der Waals surface area contributed by atoms with E-state index in [1.54, 1.807) is 0 Å². The zero-order chi connectivity index (χ0) is 17.9. The fraction of sp³-hybridized carbons (Fsp3) is 0.562. The molecule has 1 fully saturated rings. The van der Waals surface area contributed by atoms with Crippen LogP contribution in [0.1, 0.15) is 49.9 Å². The van der Waals surface area contributed by atoms with Crippen LogP contribution in [0, 0.1) is 17.8 Å². The van der Waals surface area contributed by atoms with Gasteiger partial charge in [0.05, 0.1) is 10.6 Å². The van der Waals surface area contributed by atoms with Gasteiger partial charge in [0, 0.05) is 5.92 Å². The minimum absolute atomic E-state index is 0.0216. The molecule has 0 unspecified atom stereocenters. The molecule has 8 heteroatoms. The second kappa shape index (κ2) is 7.65. The number of rotatable bonds is 5. The summed E-state index contributed by atoms with van der Waals surface area (Å²) in [6.45, 7) is 4.44. The molecular weight excluding hydrogens is 328 g/mol. The summed E-state index contributed by atoms with van der Waals surface area (Å²) in [6, 6.07) is 0.680. The Hall–Kier alpha value is -2.09. The van der Waals surface area contributed by atoms with Crippen LogP contribution in [0.3, 0.4) is 0 Å². The normalized spacial score (nSPS) is 20.6. The van der Waals surface area contributed by atoms with E-state index in [1.165, 1.54) is 6.07 Å². The molecule has 0 atom stereocenters. The van der Waals surface area contributed by atoms with Crippen LogP contribution in [0.25, 0.3) is 0 Å². The van der Waals surface area contributed by atoms with Gasteiger partial charge in [-0.05, 0) is 43.6 Å². The third-order valence-electron chi connectivity index (χ3n) is 4.57. The summed E-state index contributed by atoms with van der Waals surface area (Å²) in [6.07, 6.45) is 3.85. The van der Waals surface area contributed by atoms with Crippen molar-refractivity contribution in [3.8, 4) is 0 Å². The SMILES string of the molecule is CC(C)C1CCC(C(=O)Nc2cc(C(N)=O)c(NC(N)=O)s2)CC1. The van der Waals surface area contributed by atoms with E-state index in [4.69, 9.17) is 11.5 Å². The molecule has 0 aliphatic heterocycles. The molecule has 1 aromatic rings. The minimum Gasteiger partial charge on any atom is -0.366 e. The number of primary amides is 2. The number of urea groups is 1. The summed E-state index contributed by atoms with van der Waals surface area (Å²) < 4.78 is 0. The fourth-order valence-electron chi connectivity index (χ4n) is 3.11. The Labute approximate surface area is 145 Å². The number of hydrogen-bond acceptors (Lipinski definition) is 4. The van der Waals surface area contributed by atoms with E-state index in [-0.39, 0.29) is 22.4 Å². The quantitative estimate of drug-likeness (QED) is 0.650. The molecule has 1 saturated carbocycles. The number of hydrogen-bond donors (Lipinski definition) is 4. The van der Waals surface area contributed by atoms with Gasteiger partial charge in [0.15, 0.2) is 0 Å². The summed E-state index contributed by atoms with van der Waals surface area (Å²) >= 11 is 1.07. The van der Waals surface area contributed by atoms with Gasteiger partial charge in [-0.3, -0.25) is 14.9 Å². The van der Waals surface area contributed by atoms with Crippen LogP contribution in [-0.2, 0) is 4.79 Å². The van der Waals surface area contributed by atoms with Crippen molar-refractivity contribution in [1.29, 1.82) is 0 Å². The molecule has 6 N–H and O–H groups in total. The second-order valence-electron chi connectivity index (χ2n) is 6.55. The van der Waals surface area contributed by atoms with Crippen LogP contribution >= 0.6 is 11.3 Å². The first kappa shape index (κ1) is 18.3. The van der Waals surface area contributed by atoms with Crippen LogP contribution < -0.4 is 22.1 Å². The van der Waals surface area contributed by atoms with Gasteiger partial charge in [0.1, 0.15) is 5.00 Å². The monoisotopic (exact) mass is 352 g/mol. The highest BCUT2D eigenvalue weighted by atomic mass is 32.1. The molecule has 1 aliphatic rings. The van der Waals surface area contributed by atoms with Gasteiger partial charge in [-0.15, -0.1) is 0 Å². The van der Waals surface area contributed by atoms with E-state index in [9.17, 15) is 14.4 Å². The average Bonchev–Trinajstić information content (AvgIpc) is 2.89. The van der Waals surface area contributed by atoms with Crippen molar-refractivity contribution in [3.05, 3.63) is 11.6 Å². The van der Waals surface area contributed by atoms with Crippen LogP contribution in [0.15, 0.2) is 6.07 Å². The molecule has 7 nitrogen and oxygen atoms in total. The zero-order valence-corrected chi connectivity index (χ0v) is 14.7. The first-order chi connectivity index (χ1) is 11.3. The molecule has 1 aromatic heterocycles. The van der Waals surface area contributed by atoms with Crippen molar-refractivity contribution >= 4 is 39.2 Å². The Morgan fingerprint density at radius 1 is 1.12 bits per heavy atom. The van der Waals surface area contributed by atoms with Gasteiger partial charge >= 0.3 is 6.03 Å². The molecule has 1 aliphatic carbocycles. The highest BCUT2D eigenvalue weighted by Crippen LogP contribution is 2.36. The van der Waals surface area contributed by atoms with Crippen LogP contribution in [0.4, 0.5) is 14.8 Å². The highest BCUT2D eigenvalue weighted by molar-refractivity contribution is 7.20. The lowest BCUT2D eigenvalue weighted by molar-refractivity contribution is -0.121. The average molecular weight is 352 g/mol. The topological polar surface area (TPSA) is 127 Å². The summed E-state index contributed by atoms with van der Waals surface area (Å²) in [4.78, 5) is 34.8. The lowest BCUT2D eigenvalue weighted by Crippen LogP contribution is -2.28. The highest BCUT2D eigenvalue weighted by Gasteiger charge is 2.28. The van der Waals surface area contributed by atoms with E-state index in [2.05, 4.69) is 24.5 Å². The molecule has 0 spiro atoms. The Morgan fingerprint density at radius 3 is 2.25 bits per heavy atom. The molecule has 1 heterocycles. The number of nitrogens with two attached hydrogens (primary N) is 2. The van der Waals surface area contributed by atoms with Gasteiger partial charge in [0.2, 0.25) is 5.91 Å². The number of carbonyl (C=O) groups is 3. The molecule has 0 bridgehead atoms. The van der Waals surface area contributed by atoms with Crippen molar-refractivity contribution in [3.63, 3.8) is 0 Å². The molecule has 0 saturated heterocycles. The van der Waals surface area contributed by atoms with Crippen molar-refractivity contribution < 1.29 is 14.4 Å². The maximum Gasteiger partial charge on any atom is 0.317 e. The van der Waals surface area contributed by atoms with E-state index in [1.807, 2.05) is 0 Å². The van der Waals surface area contributed by atoms with Crippen LogP contribution in [0.2, 0.25) is 0 Å². The van der Waals surface area contributed by atoms with Gasteiger partial charge in [-0.25, -0.2) is 4.79 Å². The number of carbonyl (C=O) groups excluding carboxylic acids is 3. The number of nitrogens with one attached hydrogen (secondary N) is 2. The van der Waals surface area contributed by atoms with Crippen LogP contribution in [0.5, 0.6) is 0 Å². The van der Waals surface area contributed by atoms with Gasteiger partial charge in [-0.2, -0.15) is 0 Å². The summed E-state index contributed by atoms with van der Waals surface area (Å²) in [5, 5.41) is 5.90. The summed E-state index contributed by atoms with van der Waals surface area (Å²) in [7, 11) is 0. The maximum atomic E-state index is 12.4. The Morgan fingerprint density at radius 2 is 1.75 bits per heavy atom. The smallest absolute Gasteiger partial charge is 0.317 e. The molecular formula is C16H24N4O3S. The van der Waals surface area contributed by atoms with Crippen molar-refractivity contribution in [2.24, 2.45) is 29.2 Å². The first-order valence-corrected chi connectivity index (χ1v) is 8.90. The van der Waals surface area contributed by atoms with Crippen molar-refractivity contribution in [1.82, 2.24) is 0 Å². The third kappa shape index (κ3) is 4.47. The molecule has 2 rings (SSSR count). The molecule has 0 radical (unpaired) electrons. The Bertz CT molecular complexity index is 633. The standard InChI is InChI=1S/C16H24N4O3S/c1-8(2)9-3-5-10(6-4-9)14(22)19-12-7-11(13(17)21)15(24-12)20-16(18)23/h7-10H,3-6H2,1-2H3,(H2,17,21)(H,19,22)(H3,18,20,23). The lowest BCUT2D eigenvalue weighted by atomic mass is 9.77. The first-order valence-electron chi connectivity index (χ1n) is 8.09. The van der Waals surface area contributed by atoms with Gasteiger partial charge < -0.3 is 16.8 Å². The predicted molar refractivity (Wildman–Crippen MR) is 95.0 cm³/mol. The largest absolute Gasteiger partial charge is 0.366 e. The van der Waals surface area contributed by atoms with E-state index < -0.39 is 11.9 Å². The third-order valence-corrected chi connectivity index (χ3v) is 5.53. The van der Waals surface area contributed by atoms with E-state index in [0.717, 1.165) is 37.0 Å². The molecule has 132 valence electrons. The van der Waals surface area contributed by atoms with Gasteiger partial charge in [0.25, 0.3) is 5.91 Å². The zero-order valence-electron chi connectivity index (χ0n) is 13.9.